The van der Waals surface area contributed by atoms with Gasteiger partial charge in [0.2, 0.25) is 0 Å². The van der Waals surface area contributed by atoms with Gasteiger partial charge in [0.25, 0.3) is 0 Å². The van der Waals surface area contributed by atoms with Crippen LogP contribution in [0.5, 0.6) is 0 Å². The van der Waals surface area contributed by atoms with Crippen molar-refractivity contribution in [1.29, 1.82) is 0 Å². The highest BCUT2D eigenvalue weighted by atomic mass is 32.1. The van der Waals surface area contributed by atoms with Crippen LogP contribution in [-0.2, 0) is 0 Å². The molecule has 0 bridgehead atoms. The molecule has 0 atom stereocenters. The summed E-state index contributed by atoms with van der Waals surface area (Å²) in [6, 6.07) is 3.18. The summed E-state index contributed by atoms with van der Waals surface area (Å²) < 4.78 is 26.2. The molecule has 1 rings (SSSR count). The second kappa shape index (κ2) is 9.44. The van der Waals surface area contributed by atoms with Gasteiger partial charge >= 0.3 is 0 Å². The van der Waals surface area contributed by atoms with E-state index in [1.165, 1.54) is 11.0 Å². The molecule has 0 saturated carbocycles. The Labute approximate surface area is 139 Å². The Balaban J connectivity index is 2.26. The van der Waals surface area contributed by atoms with Crippen LogP contribution in [-0.4, -0.2) is 37.4 Å². The van der Waals surface area contributed by atoms with Gasteiger partial charge in [-0.1, -0.05) is 0 Å². The van der Waals surface area contributed by atoms with Crippen molar-refractivity contribution in [3.05, 3.63) is 29.8 Å². The molecule has 0 fully saturated rings. The fourth-order valence-electron chi connectivity index (χ4n) is 1.55. The minimum Gasteiger partial charge on any atom is -0.361 e. The molecule has 22 heavy (non-hydrogen) atoms. The summed E-state index contributed by atoms with van der Waals surface area (Å²) in [4.78, 5) is 1.37. The first-order valence-electron chi connectivity index (χ1n) is 6.73. The number of anilines is 1. The van der Waals surface area contributed by atoms with E-state index in [0.717, 1.165) is 31.6 Å². The Hall–Kier alpha value is -1.58. The number of halogens is 2. The highest BCUT2D eigenvalue weighted by Crippen LogP contribution is 2.14. The summed E-state index contributed by atoms with van der Waals surface area (Å²) >= 11 is 10.0. The predicted molar refractivity (Wildman–Crippen MR) is 91.7 cm³/mol. The van der Waals surface area contributed by atoms with Crippen LogP contribution in [0.3, 0.4) is 0 Å². The number of hydrogen-bond acceptors (Lipinski definition) is 2. The Morgan fingerprint density at radius 2 is 1.82 bits per heavy atom. The number of rotatable bonds is 5. The molecule has 0 saturated heterocycles. The summed E-state index contributed by atoms with van der Waals surface area (Å²) in [6.07, 6.45) is 0.980. The molecule has 122 valence electrons. The van der Waals surface area contributed by atoms with Crippen LogP contribution in [0.25, 0.3) is 0 Å². The van der Waals surface area contributed by atoms with Gasteiger partial charge in [-0.05, 0) is 36.6 Å². The molecule has 0 heterocycles. The van der Waals surface area contributed by atoms with E-state index in [0.29, 0.717) is 5.11 Å². The van der Waals surface area contributed by atoms with Crippen LogP contribution in [0.2, 0.25) is 0 Å². The third-order valence-electron chi connectivity index (χ3n) is 2.61. The van der Waals surface area contributed by atoms with Crippen molar-refractivity contribution in [2.75, 3.05) is 32.5 Å². The van der Waals surface area contributed by atoms with Gasteiger partial charge in [-0.2, -0.15) is 0 Å². The largest absolute Gasteiger partial charge is 0.361 e. The lowest BCUT2D eigenvalue weighted by atomic mass is 10.3. The molecule has 0 spiro atoms. The van der Waals surface area contributed by atoms with Crippen molar-refractivity contribution in [1.82, 2.24) is 16.2 Å². The zero-order chi connectivity index (χ0) is 16.5. The molecular weight excluding hydrogens is 328 g/mol. The van der Waals surface area contributed by atoms with Crippen molar-refractivity contribution in [3.8, 4) is 0 Å². The van der Waals surface area contributed by atoms with Gasteiger partial charge in [-0.3, -0.25) is 10.9 Å². The highest BCUT2D eigenvalue weighted by Gasteiger charge is 2.05. The van der Waals surface area contributed by atoms with E-state index in [-0.39, 0.29) is 10.8 Å². The maximum Gasteiger partial charge on any atom is 0.189 e. The van der Waals surface area contributed by atoms with E-state index in [4.69, 9.17) is 24.4 Å². The van der Waals surface area contributed by atoms with Gasteiger partial charge in [-0.15, -0.1) is 0 Å². The van der Waals surface area contributed by atoms with E-state index in [1.807, 2.05) is 0 Å². The molecule has 1 aromatic rings. The summed E-state index contributed by atoms with van der Waals surface area (Å²) in [5.74, 6) is -1.37. The molecule has 9 heteroatoms. The third-order valence-corrected chi connectivity index (χ3v) is 3.06. The van der Waals surface area contributed by atoms with Gasteiger partial charge in [0, 0.05) is 19.0 Å². The monoisotopic (exact) mass is 348 g/mol. The fraction of sp³-hybridized carbons (Fsp3) is 0.385. The standard InChI is InChI=1S/C13H19F2N5S2/c1-20(2)7-3-6-16-12(21)18-19-13(22)17-11-5-4-9(14)8-10(11)15/h4-5,8H,3,6-7H2,1-2H3,(H2,16,18,21)(H2,17,19,22)/p+1. The molecule has 0 amide bonds. The first kappa shape index (κ1) is 18.5. The van der Waals surface area contributed by atoms with Crippen molar-refractivity contribution >= 4 is 40.3 Å². The SMILES string of the molecule is C[NH+](C)CCCNC(=S)NNC(=S)Nc1ccc(F)cc1F. The molecule has 0 aliphatic rings. The summed E-state index contributed by atoms with van der Waals surface area (Å²) in [7, 11) is 4.16. The van der Waals surface area contributed by atoms with Gasteiger partial charge in [0.15, 0.2) is 10.2 Å². The lowest BCUT2D eigenvalue weighted by molar-refractivity contribution is -0.858. The van der Waals surface area contributed by atoms with Crippen LogP contribution < -0.4 is 26.4 Å². The number of hydrogen-bond donors (Lipinski definition) is 5. The molecule has 0 aliphatic carbocycles. The van der Waals surface area contributed by atoms with Gasteiger partial charge < -0.3 is 15.5 Å². The maximum absolute atomic E-state index is 13.4. The molecule has 0 aromatic heterocycles. The third kappa shape index (κ3) is 7.43. The van der Waals surface area contributed by atoms with Gasteiger partial charge in [0.05, 0.1) is 26.3 Å². The zero-order valence-corrected chi connectivity index (χ0v) is 14.1. The second-order valence-corrected chi connectivity index (χ2v) is 5.71. The Kier molecular flexibility index (Phi) is 7.92. The van der Waals surface area contributed by atoms with Crippen LogP contribution in [0.15, 0.2) is 18.2 Å². The highest BCUT2D eigenvalue weighted by molar-refractivity contribution is 7.80. The van der Waals surface area contributed by atoms with Gasteiger partial charge in [0.1, 0.15) is 11.6 Å². The van der Waals surface area contributed by atoms with Crippen LogP contribution in [0.4, 0.5) is 14.5 Å². The van der Waals surface area contributed by atoms with Crippen LogP contribution in [0.1, 0.15) is 6.42 Å². The zero-order valence-electron chi connectivity index (χ0n) is 12.4. The Morgan fingerprint density at radius 1 is 1.14 bits per heavy atom. The average Bonchev–Trinajstić information content (AvgIpc) is 2.44. The smallest absolute Gasteiger partial charge is 0.189 e. The topological polar surface area (TPSA) is 52.6 Å². The van der Waals surface area contributed by atoms with Crippen molar-refractivity contribution < 1.29 is 13.7 Å². The number of quaternary nitrogens is 1. The number of benzene rings is 1. The summed E-state index contributed by atoms with van der Waals surface area (Å²) in [5.41, 5.74) is 5.39. The molecular formula is C13H20F2N5S2+. The fourth-order valence-corrected chi connectivity index (χ4v) is 1.86. The molecule has 0 unspecified atom stereocenters. The Bertz CT molecular complexity index is 525. The maximum atomic E-state index is 13.4. The van der Waals surface area contributed by atoms with Crippen LogP contribution in [0, 0.1) is 11.6 Å². The second-order valence-electron chi connectivity index (χ2n) is 4.89. The van der Waals surface area contributed by atoms with Crippen molar-refractivity contribution in [2.24, 2.45) is 0 Å². The molecule has 1 aromatic carbocycles. The lowest BCUT2D eigenvalue weighted by Gasteiger charge is -2.15. The van der Waals surface area contributed by atoms with E-state index >= 15 is 0 Å². The molecule has 0 radical (unpaired) electrons. The summed E-state index contributed by atoms with van der Waals surface area (Å²) in [5, 5.41) is 6.11. The summed E-state index contributed by atoms with van der Waals surface area (Å²) in [6.45, 7) is 1.78. The van der Waals surface area contributed by atoms with Crippen molar-refractivity contribution in [3.63, 3.8) is 0 Å². The van der Waals surface area contributed by atoms with E-state index in [2.05, 4.69) is 35.6 Å². The van der Waals surface area contributed by atoms with E-state index in [1.54, 1.807) is 0 Å². The van der Waals surface area contributed by atoms with Crippen LogP contribution >= 0.6 is 24.4 Å². The van der Waals surface area contributed by atoms with E-state index < -0.39 is 11.6 Å². The lowest BCUT2D eigenvalue weighted by Crippen LogP contribution is -3.05. The normalized spacial score (nSPS) is 10.2. The minimum absolute atomic E-state index is 0.0773. The van der Waals surface area contributed by atoms with E-state index in [9.17, 15) is 8.78 Å². The number of nitrogens with one attached hydrogen (secondary N) is 5. The molecule has 0 aliphatic heterocycles. The minimum atomic E-state index is -0.726. The number of thiocarbonyl (C=S) groups is 2. The number of hydrazine groups is 1. The molecule has 5 N–H and O–H groups in total. The first-order valence-corrected chi connectivity index (χ1v) is 7.55. The van der Waals surface area contributed by atoms with Gasteiger partial charge in [-0.25, -0.2) is 8.78 Å². The Morgan fingerprint density at radius 3 is 2.45 bits per heavy atom. The predicted octanol–water partition coefficient (Wildman–Crippen LogP) is 0.165. The average molecular weight is 348 g/mol. The first-order chi connectivity index (χ1) is 10.4. The quantitative estimate of drug-likeness (QED) is 0.297. The molecule has 5 nitrogen and oxygen atoms in total. The van der Waals surface area contributed by atoms with Crippen molar-refractivity contribution in [2.45, 2.75) is 6.42 Å².